The number of para-hydroxylation sites is 1. The van der Waals surface area contributed by atoms with E-state index in [1.54, 1.807) is 11.3 Å². The van der Waals surface area contributed by atoms with Gasteiger partial charge in [0.2, 0.25) is 0 Å². The Hall–Kier alpha value is -1.91. The first kappa shape index (κ1) is 13.1. The van der Waals surface area contributed by atoms with Crippen LogP contribution in [-0.2, 0) is 6.42 Å². The van der Waals surface area contributed by atoms with Crippen LogP contribution in [0.4, 0.5) is 0 Å². The lowest BCUT2D eigenvalue weighted by Gasteiger charge is -2.07. The Morgan fingerprint density at radius 2 is 1.95 bits per heavy atom. The average Bonchev–Trinajstić information content (AvgIpc) is 3.17. The van der Waals surface area contributed by atoms with Crippen LogP contribution in [0.5, 0.6) is 0 Å². The van der Waals surface area contributed by atoms with Crippen molar-refractivity contribution in [2.24, 2.45) is 5.73 Å². The number of nitrogens with zero attached hydrogens (tertiary/aromatic N) is 2. The first-order valence-corrected chi connectivity index (χ1v) is 7.60. The number of hydrogen-bond donors (Lipinski definition) is 1. The molecule has 1 unspecified atom stereocenters. The van der Waals surface area contributed by atoms with Crippen molar-refractivity contribution in [1.29, 1.82) is 0 Å². The summed E-state index contributed by atoms with van der Waals surface area (Å²) < 4.78 is 1.88. The van der Waals surface area contributed by atoms with Gasteiger partial charge >= 0.3 is 0 Å². The van der Waals surface area contributed by atoms with Gasteiger partial charge in [-0.25, -0.2) is 4.68 Å². The van der Waals surface area contributed by atoms with Crippen molar-refractivity contribution in [1.82, 2.24) is 9.78 Å². The Bertz CT molecular complexity index is 643. The molecule has 0 radical (unpaired) electrons. The molecule has 0 aliphatic heterocycles. The topological polar surface area (TPSA) is 43.8 Å². The van der Waals surface area contributed by atoms with E-state index in [0.717, 1.165) is 24.2 Å². The van der Waals surface area contributed by atoms with Crippen molar-refractivity contribution in [3.05, 3.63) is 70.7 Å². The van der Waals surface area contributed by atoms with Crippen molar-refractivity contribution >= 4 is 11.3 Å². The smallest absolute Gasteiger partial charge is 0.0796 e. The monoisotopic (exact) mass is 283 g/mol. The van der Waals surface area contributed by atoms with Crippen molar-refractivity contribution in [2.45, 2.75) is 18.9 Å². The SMILES string of the molecule is NC(CCc1cccs1)c1ccn(-c2ccccc2)n1. The van der Waals surface area contributed by atoms with Crippen molar-refractivity contribution in [2.75, 3.05) is 0 Å². The lowest BCUT2D eigenvalue weighted by Crippen LogP contribution is -2.12. The fourth-order valence-corrected chi connectivity index (χ4v) is 2.89. The molecule has 3 aromatic rings. The summed E-state index contributed by atoms with van der Waals surface area (Å²) >= 11 is 1.78. The van der Waals surface area contributed by atoms with Crippen LogP contribution in [0, 0.1) is 0 Å². The highest BCUT2D eigenvalue weighted by Crippen LogP contribution is 2.18. The Morgan fingerprint density at radius 3 is 2.70 bits per heavy atom. The Balaban J connectivity index is 1.67. The largest absolute Gasteiger partial charge is 0.323 e. The Morgan fingerprint density at radius 1 is 1.10 bits per heavy atom. The number of aryl methyl sites for hydroxylation is 1. The van der Waals surface area contributed by atoms with Gasteiger partial charge in [0.25, 0.3) is 0 Å². The minimum absolute atomic E-state index is 0.0120. The van der Waals surface area contributed by atoms with E-state index in [1.165, 1.54) is 4.88 Å². The van der Waals surface area contributed by atoms with E-state index in [1.807, 2.05) is 47.3 Å². The maximum atomic E-state index is 6.23. The van der Waals surface area contributed by atoms with Crippen LogP contribution < -0.4 is 5.73 Å². The fourth-order valence-electron chi connectivity index (χ4n) is 2.16. The molecule has 2 aromatic heterocycles. The molecule has 0 aliphatic carbocycles. The Labute approximate surface area is 122 Å². The second-order valence-corrected chi connectivity index (χ2v) is 5.78. The van der Waals surface area contributed by atoms with E-state index in [2.05, 4.69) is 22.6 Å². The summed E-state index contributed by atoms with van der Waals surface area (Å²) in [5.41, 5.74) is 8.24. The highest BCUT2D eigenvalue weighted by atomic mass is 32.1. The minimum atomic E-state index is -0.0120. The van der Waals surface area contributed by atoms with Crippen molar-refractivity contribution < 1.29 is 0 Å². The highest BCUT2D eigenvalue weighted by molar-refractivity contribution is 7.09. The van der Waals surface area contributed by atoms with Crippen LogP contribution in [0.3, 0.4) is 0 Å². The summed E-state index contributed by atoms with van der Waals surface area (Å²) in [5, 5.41) is 6.68. The molecule has 0 amide bonds. The number of rotatable bonds is 5. The van der Waals surface area contributed by atoms with E-state index in [9.17, 15) is 0 Å². The maximum Gasteiger partial charge on any atom is 0.0796 e. The summed E-state index contributed by atoms with van der Waals surface area (Å²) in [5.74, 6) is 0. The zero-order chi connectivity index (χ0) is 13.8. The third kappa shape index (κ3) is 2.98. The van der Waals surface area contributed by atoms with E-state index in [4.69, 9.17) is 5.73 Å². The molecule has 0 saturated carbocycles. The third-order valence-electron chi connectivity index (χ3n) is 3.29. The van der Waals surface area contributed by atoms with Gasteiger partial charge in [-0.3, -0.25) is 0 Å². The van der Waals surface area contributed by atoms with Gasteiger partial charge in [-0.15, -0.1) is 11.3 Å². The molecule has 0 spiro atoms. The molecule has 0 saturated heterocycles. The van der Waals surface area contributed by atoms with Gasteiger partial charge in [0.15, 0.2) is 0 Å². The molecular formula is C16H17N3S. The lowest BCUT2D eigenvalue weighted by atomic mass is 10.1. The van der Waals surface area contributed by atoms with Gasteiger partial charge in [0.05, 0.1) is 11.4 Å². The molecule has 1 aromatic carbocycles. The summed E-state index contributed by atoms with van der Waals surface area (Å²) in [6.45, 7) is 0. The van der Waals surface area contributed by atoms with Crippen LogP contribution in [0.25, 0.3) is 5.69 Å². The maximum absolute atomic E-state index is 6.23. The van der Waals surface area contributed by atoms with E-state index >= 15 is 0 Å². The first-order valence-electron chi connectivity index (χ1n) is 6.72. The van der Waals surface area contributed by atoms with E-state index in [-0.39, 0.29) is 6.04 Å². The molecule has 1 atom stereocenters. The molecule has 20 heavy (non-hydrogen) atoms. The summed E-state index contributed by atoms with van der Waals surface area (Å²) in [4.78, 5) is 1.38. The molecule has 0 fully saturated rings. The zero-order valence-electron chi connectivity index (χ0n) is 11.1. The van der Waals surface area contributed by atoms with Crippen LogP contribution in [0.2, 0.25) is 0 Å². The first-order chi connectivity index (χ1) is 9.83. The lowest BCUT2D eigenvalue weighted by molar-refractivity contribution is 0.626. The van der Waals surface area contributed by atoms with Crippen molar-refractivity contribution in [3.63, 3.8) is 0 Å². The number of aromatic nitrogens is 2. The zero-order valence-corrected chi connectivity index (χ0v) is 12.0. The number of nitrogens with two attached hydrogens (primary N) is 1. The molecule has 4 heteroatoms. The molecule has 3 nitrogen and oxygen atoms in total. The fraction of sp³-hybridized carbons (Fsp3) is 0.188. The third-order valence-corrected chi connectivity index (χ3v) is 4.23. The van der Waals surface area contributed by atoms with Crippen LogP contribution in [-0.4, -0.2) is 9.78 Å². The normalized spacial score (nSPS) is 12.4. The number of benzene rings is 1. The number of hydrogen-bond acceptors (Lipinski definition) is 3. The molecule has 0 bridgehead atoms. The predicted octanol–water partition coefficient (Wildman–Crippen LogP) is 3.57. The second kappa shape index (κ2) is 6.03. The molecule has 2 N–H and O–H groups in total. The van der Waals surface area contributed by atoms with Gasteiger partial charge in [0, 0.05) is 17.1 Å². The van der Waals surface area contributed by atoms with Crippen LogP contribution >= 0.6 is 11.3 Å². The van der Waals surface area contributed by atoms with Gasteiger partial charge < -0.3 is 5.73 Å². The van der Waals surface area contributed by atoms with E-state index in [0.29, 0.717) is 0 Å². The summed E-state index contributed by atoms with van der Waals surface area (Å²) in [6, 6.07) is 16.3. The average molecular weight is 283 g/mol. The van der Waals surface area contributed by atoms with Gasteiger partial charge in [0.1, 0.15) is 0 Å². The standard InChI is InChI=1S/C16H17N3S/c17-15(9-8-14-7-4-12-20-14)16-10-11-19(18-16)13-5-2-1-3-6-13/h1-7,10-12,15H,8-9,17H2. The summed E-state index contributed by atoms with van der Waals surface area (Å²) in [7, 11) is 0. The molecule has 102 valence electrons. The highest BCUT2D eigenvalue weighted by Gasteiger charge is 2.10. The minimum Gasteiger partial charge on any atom is -0.323 e. The Kier molecular flexibility index (Phi) is 3.95. The quantitative estimate of drug-likeness (QED) is 0.778. The second-order valence-electron chi connectivity index (χ2n) is 4.75. The molecular weight excluding hydrogens is 266 g/mol. The van der Waals surface area contributed by atoms with Gasteiger partial charge in [-0.05, 0) is 42.5 Å². The summed E-state index contributed by atoms with van der Waals surface area (Å²) in [6.07, 6.45) is 3.90. The molecule has 2 heterocycles. The van der Waals surface area contributed by atoms with Crippen molar-refractivity contribution in [3.8, 4) is 5.69 Å². The number of thiophene rings is 1. The molecule has 3 rings (SSSR count). The predicted molar refractivity (Wildman–Crippen MR) is 83.1 cm³/mol. The van der Waals surface area contributed by atoms with Gasteiger partial charge in [-0.1, -0.05) is 24.3 Å². The molecule has 0 aliphatic rings. The van der Waals surface area contributed by atoms with Gasteiger partial charge in [-0.2, -0.15) is 5.10 Å². The van der Waals surface area contributed by atoms with E-state index < -0.39 is 0 Å². The van der Waals surface area contributed by atoms with Crippen LogP contribution in [0.15, 0.2) is 60.1 Å². The van der Waals surface area contributed by atoms with Crippen LogP contribution in [0.1, 0.15) is 23.0 Å².